The van der Waals surface area contributed by atoms with Gasteiger partial charge >= 0.3 is 0 Å². The highest BCUT2D eigenvalue weighted by atomic mass is 19.1. The lowest BCUT2D eigenvalue weighted by Crippen LogP contribution is -2.39. The summed E-state index contributed by atoms with van der Waals surface area (Å²) < 4.78 is 18.1. The first-order valence-corrected chi connectivity index (χ1v) is 7.43. The largest absolute Gasteiger partial charge is 0.495 e. The Morgan fingerprint density at radius 3 is 2.42 bits per heavy atom. The highest BCUT2D eigenvalue weighted by Crippen LogP contribution is 2.27. The Bertz CT molecular complexity index is 716. The summed E-state index contributed by atoms with van der Waals surface area (Å²) in [6, 6.07) is 12.8. The van der Waals surface area contributed by atoms with Crippen LogP contribution in [0.1, 0.15) is 12.5 Å². The van der Waals surface area contributed by atoms with Crippen LogP contribution in [0.5, 0.6) is 5.75 Å². The molecule has 2 aromatic carbocycles. The molecule has 1 N–H and O–H groups in total. The highest BCUT2D eigenvalue weighted by Gasteiger charge is 2.18. The van der Waals surface area contributed by atoms with E-state index in [-0.39, 0.29) is 30.7 Å². The third kappa shape index (κ3) is 4.55. The monoisotopic (exact) mass is 330 g/mol. The second kappa shape index (κ2) is 8.10. The molecular formula is C18H19FN2O3. The maximum Gasteiger partial charge on any atom is 0.240 e. The Hall–Kier alpha value is -2.89. The number of carbonyl (C=O) groups excluding carboxylic acids is 2. The molecule has 0 radical (unpaired) electrons. The van der Waals surface area contributed by atoms with Crippen molar-refractivity contribution in [2.24, 2.45) is 0 Å². The second-order valence-corrected chi connectivity index (χ2v) is 5.18. The van der Waals surface area contributed by atoms with Crippen LogP contribution in [-0.2, 0) is 16.1 Å². The third-order valence-electron chi connectivity index (χ3n) is 3.46. The van der Waals surface area contributed by atoms with Gasteiger partial charge in [0.15, 0.2) is 0 Å². The van der Waals surface area contributed by atoms with Crippen LogP contribution in [0.4, 0.5) is 10.1 Å². The lowest BCUT2D eigenvalue weighted by molar-refractivity contribution is -0.123. The number of ether oxygens (including phenoxy) is 1. The summed E-state index contributed by atoms with van der Waals surface area (Å²) in [5.74, 6) is -0.403. The van der Waals surface area contributed by atoms with Crippen molar-refractivity contribution >= 4 is 17.5 Å². The maximum absolute atomic E-state index is 12.9. The molecule has 0 atom stereocenters. The van der Waals surface area contributed by atoms with Crippen molar-refractivity contribution in [3.63, 3.8) is 0 Å². The van der Waals surface area contributed by atoms with Crippen molar-refractivity contribution in [3.05, 3.63) is 59.9 Å². The zero-order valence-corrected chi connectivity index (χ0v) is 13.6. The molecule has 6 heteroatoms. The van der Waals surface area contributed by atoms with Crippen molar-refractivity contribution in [3.8, 4) is 5.75 Å². The summed E-state index contributed by atoms with van der Waals surface area (Å²) in [6.45, 7) is 1.52. The minimum atomic E-state index is -0.330. The van der Waals surface area contributed by atoms with E-state index in [1.54, 1.807) is 36.4 Å². The molecule has 0 spiro atoms. The zero-order valence-electron chi connectivity index (χ0n) is 13.6. The molecule has 0 aliphatic heterocycles. The number of methoxy groups -OCH3 is 1. The van der Waals surface area contributed by atoms with Gasteiger partial charge in [-0.3, -0.25) is 14.5 Å². The average molecular weight is 330 g/mol. The first kappa shape index (κ1) is 17.5. The molecule has 126 valence electrons. The van der Waals surface area contributed by atoms with E-state index >= 15 is 0 Å². The van der Waals surface area contributed by atoms with Crippen LogP contribution in [0, 0.1) is 5.82 Å². The van der Waals surface area contributed by atoms with E-state index in [2.05, 4.69) is 5.32 Å². The topological polar surface area (TPSA) is 58.6 Å². The number of hydrogen-bond donors (Lipinski definition) is 1. The van der Waals surface area contributed by atoms with Crippen LogP contribution >= 0.6 is 0 Å². The summed E-state index contributed by atoms with van der Waals surface area (Å²) in [7, 11) is 1.51. The lowest BCUT2D eigenvalue weighted by Gasteiger charge is -2.22. The van der Waals surface area contributed by atoms with Gasteiger partial charge in [-0.2, -0.15) is 0 Å². The quantitative estimate of drug-likeness (QED) is 0.885. The standard InChI is InChI=1S/C18H19FN2O3/c1-13(22)21(16-5-3-4-6-17(16)24-2)12-18(23)20-11-14-7-9-15(19)10-8-14/h3-10H,11-12H2,1-2H3,(H,20,23). The summed E-state index contributed by atoms with van der Waals surface area (Å²) in [5, 5.41) is 2.71. The van der Waals surface area contributed by atoms with Crippen LogP contribution in [0.3, 0.4) is 0 Å². The van der Waals surface area contributed by atoms with E-state index in [0.717, 1.165) is 5.56 Å². The molecule has 0 unspecified atom stereocenters. The number of nitrogens with one attached hydrogen (secondary N) is 1. The van der Waals surface area contributed by atoms with Crippen molar-refractivity contribution in [2.45, 2.75) is 13.5 Å². The Kier molecular flexibility index (Phi) is 5.89. The summed E-state index contributed by atoms with van der Waals surface area (Å²) in [5.41, 5.74) is 1.31. The van der Waals surface area contributed by atoms with Gasteiger partial charge in [-0.15, -0.1) is 0 Å². The van der Waals surface area contributed by atoms with Gasteiger partial charge in [-0.1, -0.05) is 24.3 Å². The van der Waals surface area contributed by atoms with Gasteiger partial charge in [-0.05, 0) is 29.8 Å². The lowest BCUT2D eigenvalue weighted by atomic mass is 10.2. The fourth-order valence-electron chi connectivity index (χ4n) is 2.22. The summed E-state index contributed by atoms with van der Waals surface area (Å²) >= 11 is 0. The number of hydrogen-bond acceptors (Lipinski definition) is 3. The van der Waals surface area contributed by atoms with E-state index in [0.29, 0.717) is 11.4 Å². The summed E-state index contributed by atoms with van der Waals surface area (Å²) in [6.07, 6.45) is 0. The number of para-hydroxylation sites is 2. The average Bonchev–Trinajstić information content (AvgIpc) is 2.59. The molecule has 2 rings (SSSR count). The van der Waals surface area contributed by atoms with Crippen LogP contribution in [0.2, 0.25) is 0 Å². The fraction of sp³-hybridized carbons (Fsp3) is 0.222. The van der Waals surface area contributed by atoms with E-state index in [1.165, 1.54) is 31.1 Å². The normalized spacial score (nSPS) is 10.1. The van der Waals surface area contributed by atoms with E-state index in [9.17, 15) is 14.0 Å². The molecule has 0 aliphatic rings. The van der Waals surface area contributed by atoms with E-state index in [1.807, 2.05) is 0 Å². The van der Waals surface area contributed by atoms with Crippen LogP contribution in [0.25, 0.3) is 0 Å². The van der Waals surface area contributed by atoms with Gasteiger partial charge in [0.05, 0.1) is 12.8 Å². The number of rotatable bonds is 6. The minimum absolute atomic E-state index is 0.128. The van der Waals surface area contributed by atoms with E-state index < -0.39 is 0 Å². The zero-order chi connectivity index (χ0) is 17.5. The van der Waals surface area contributed by atoms with E-state index in [4.69, 9.17) is 4.74 Å². The maximum atomic E-state index is 12.9. The summed E-state index contributed by atoms with van der Waals surface area (Å²) in [4.78, 5) is 25.4. The van der Waals surface area contributed by atoms with Gasteiger partial charge in [0, 0.05) is 13.5 Å². The SMILES string of the molecule is COc1ccccc1N(CC(=O)NCc1ccc(F)cc1)C(C)=O. The Morgan fingerprint density at radius 2 is 1.79 bits per heavy atom. The molecule has 0 heterocycles. The number of carbonyl (C=O) groups is 2. The van der Waals surface area contributed by atoms with Gasteiger partial charge in [0.2, 0.25) is 11.8 Å². The number of halogens is 1. The third-order valence-corrected chi connectivity index (χ3v) is 3.46. The van der Waals surface area contributed by atoms with Gasteiger partial charge < -0.3 is 10.1 Å². The Morgan fingerprint density at radius 1 is 1.12 bits per heavy atom. The van der Waals surface area contributed by atoms with Crippen molar-refractivity contribution in [2.75, 3.05) is 18.6 Å². The fourth-order valence-corrected chi connectivity index (χ4v) is 2.22. The van der Waals surface area contributed by atoms with Gasteiger partial charge in [-0.25, -0.2) is 4.39 Å². The molecule has 0 aliphatic carbocycles. The predicted molar refractivity (Wildman–Crippen MR) is 89.3 cm³/mol. The molecule has 5 nitrogen and oxygen atoms in total. The first-order valence-electron chi connectivity index (χ1n) is 7.43. The molecule has 24 heavy (non-hydrogen) atoms. The van der Waals surface area contributed by atoms with Crippen molar-refractivity contribution in [1.29, 1.82) is 0 Å². The molecule has 2 amide bonds. The predicted octanol–water partition coefficient (Wildman–Crippen LogP) is 2.50. The Balaban J connectivity index is 2.03. The molecule has 0 saturated heterocycles. The molecule has 0 saturated carbocycles. The van der Waals surface area contributed by atoms with Crippen molar-refractivity contribution in [1.82, 2.24) is 5.32 Å². The van der Waals surface area contributed by atoms with Gasteiger partial charge in [0.1, 0.15) is 18.1 Å². The molecular weight excluding hydrogens is 311 g/mol. The second-order valence-electron chi connectivity index (χ2n) is 5.18. The van der Waals surface area contributed by atoms with Crippen molar-refractivity contribution < 1.29 is 18.7 Å². The molecule has 0 fully saturated rings. The number of nitrogens with zero attached hydrogens (tertiary/aromatic N) is 1. The molecule has 0 bridgehead atoms. The Labute approximate surface area is 140 Å². The molecule has 2 aromatic rings. The van der Waals surface area contributed by atoms with Crippen LogP contribution in [0.15, 0.2) is 48.5 Å². The number of amides is 2. The minimum Gasteiger partial charge on any atom is -0.495 e. The smallest absolute Gasteiger partial charge is 0.240 e. The number of benzene rings is 2. The van der Waals surface area contributed by atoms with Crippen LogP contribution in [-0.4, -0.2) is 25.5 Å². The van der Waals surface area contributed by atoms with Crippen LogP contribution < -0.4 is 15.0 Å². The number of anilines is 1. The van der Waals surface area contributed by atoms with Gasteiger partial charge in [0.25, 0.3) is 0 Å². The molecule has 0 aromatic heterocycles. The highest BCUT2D eigenvalue weighted by molar-refractivity contribution is 5.98. The first-order chi connectivity index (χ1) is 11.5.